The molecule has 2 atom stereocenters. The third-order valence-electron chi connectivity index (χ3n) is 4.51. The molecule has 0 spiro atoms. The van der Waals surface area contributed by atoms with Gasteiger partial charge in [-0.25, -0.2) is 0 Å². The molecule has 0 aromatic heterocycles. The largest absolute Gasteiger partial charge is 0.497 e. The molecule has 2 aliphatic rings. The van der Waals surface area contributed by atoms with Crippen LogP contribution in [0.3, 0.4) is 0 Å². The van der Waals surface area contributed by atoms with Crippen LogP contribution < -0.4 is 10.5 Å². The fraction of sp³-hybridized carbons (Fsp3) is 0.444. The number of rotatable bonds is 5. The van der Waals surface area contributed by atoms with Crippen molar-refractivity contribution in [3.63, 3.8) is 0 Å². The molecule has 2 N–H and O–H groups in total. The molecule has 1 heterocycles. The van der Waals surface area contributed by atoms with Gasteiger partial charge in [0.1, 0.15) is 5.75 Å². The second-order valence-electron chi connectivity index (χ2n) is 5.99. The Morgan fingerprint density at radius 1 is 1.30 bits per heavy atom. The summed E-state index contributed by atoms with van der Waals surface area (Å²) >= 11 is 1.67. The molecule has 4 nitrogen and oxygen atoms in total. The molecule has 0 bridgehead atoms. The van der Waals surface area contributed by atoms with E-state index in [1.54, 1.807) is 43.1 Å². The smallest absolute Gasteiger partial charge is 0.170 e. The molecule has 0 amide bonds. The zero-order valence-corrected chi connectivity index (χ0v) is 14.0. The Morgan fingerprint density at radius 2 is 2.13 bits per heavy atom. The summed E-state index contributed by atoms with van der Waals surface area (Å²) in [5.74, 6) is 0.321. The molecule has 1 aliphatic heterocycles. The number of fused-ring (bicyclic) bond motifs is 1. The van der Waals surface area contributed by atoms with Gasteiger partial charge in [-0.15, -0.1) is 11.8 Å². The van der Waals surface area contributed by atoms with Gasteiger partial charge in [-0.1, -0.05) is 18.6 Å². The minimum atomic E-state index is -0.279. The van der Waals surface area contributed by atoms with Crippen LogP contribution in [0.4, 0.5) is 0 Å². The summed E-state index contributed by atoms with van der Waals surface area (Å²) in [5, 5.41) is 0.100. The van der Waals surface area contributed by atoms with Gasteiger partial charge >= 0.3 is 0 Å². The van der Waals surface area contributed by atoms with Crippen molar-refractivity contribution >= 4 is 23.3 Å². The van der Waals surface area contributed by atoms with Gasteiger partial charge in [0.05, 0.1) is 18.9 Å². The summed E-state index contributed by atoms with van der Waals surface area (Å²) in [4.78, 5) is 25.0. The fourth-order valence-electron chi connectivity index (χ4n) is 3.34. The highest BCUT2D eigenvalue weighted by Gasteiger charge is 2.37. The van der Waals surface area contributed by atoms with Crippen LogP contribution in [0, 0.1) is 0 Å². The zero-order chi connectivity index (χ0) is 16.4. The average molecular weight is 331 g/mol. The van der Waals surface area contributed by atoms with E-state index >= 15 is 0 Å². The van der Waals surface area contributed by atoms with E-state index < -0.39 is 0 Å². The van der Waals surface area contributed by atoms with E-state index in [-0.39, 0.29) is 23.4 Å². The number of Topliss-reactive ketones (excluding diaryl/α,β-unsaturated/α-hetero) is 2. The minimum absolute atomic E-state index is 0.114. The summed E-state index contributed by atoms with van der Waals surface area (Å²) < 4.78 is 5.13. The van der Waals surface area contributed by atoms with Crippen LogP contribution in [0.15, 0.2) is 35.4 Å². The number of thioether (sulfide) groups is 1. The van der Waals surface area contributed by atoms with Crippen molar-refractivity contribution in [1.29, 1.82) is 0 Å². The van der Waals surface area contributed by atoms with Crippen LogP contribution in [-0.2, 0) is 4.79 Å². The lowest BCUT2D eigenvalue weighted by Gasteiger charge is -2.19. The first kappa shape index (κ1) is 16.3. The van der Waals surface area contributed by atoms with Crippen LogP contribution in [0.5, 0.6) is 5.75 Å². The Balaban J connectivity index is 1.77. The first-order valence-corrected chi connectivity index (χ1v) is 8.89. The lowest BCUT2D eigenvalue weighted by Crippen LogP contribution is -2.23. The Bertz CT molecular complexity index is 668. The molecule has 0 saturated heterocycles. The van der Waals surface area contributed by atoms with E-state index in [9.17, 15) is 9.59 Å². The molecule has 1 aliphatic carbocycles. The maximum atomic E-state index is 12.6. The third-order valence-corrected chi connectivity index (χ3v) is 5.88. The number of carbonyl (C=O) groups excluding carboxylic acids is 2. The van der Waals surface area contributed by atoms with Gasteiger partial charge in [0.2, 0.25) is 0 Å². The van der Waals surface area contributed by atoms with E-state index in [0.717, 1.165) is 19.3 Å². The summed E-state index contributed by atoms with van der Waals surface area (Å²) in [7, 11) is 1.55. The van der Waals surface area contributed by atoms with Crippen molar-refractivity contribution in [3.8, 4) is 5.75 Å². The molecular formula is C18H21NO3S. The highest BCUT2D eigenvalue weighted by molar-refractivity contribution is 8.01. The predicted octanol–water partition coefficient (Wildman–Crippen LogP) is 3.11. The van der Waals surface area contributed by atoms with Crippen molar-refractivity contribution in [3.05, 3.63) is 41.0 Å². The maximum Gasteiger partial charge on any atom is 0.170 e. The highest BCUT2D eigenvalue weighted by atomic mass is 32.2. The maximum absolute atomic E-state index is 12.6. The van der Waals surface area contributed by atoms with Gasteiger partial charge in [-0.05, 0) is 37.0 Å². The Kier molecular flexibility index (Phi) is 4.87. The van der Waals surface area contributed by atoms with E-state index in [2.05, 4.69) is 0 Å². The van der Waals surface area contributed by atoms with Gasteiger partial charge in [-0.3, -0.25) is 9.59 Å². The van der Waals surface area contributed by atoms with E-state index in [4.69, 9.17) is 10.5 Å². The number of hydrogen-bond donors (Lipinski definition) is 1. The van der Waals surface area contributed by atoms with Crippen LogP contribution in [-0.4, -0.2) is 29.3 Å². The first-order valence-electron chi connectivity index (χ1n) is 7.94. The second-order valence-corrected chi connectivity index (χ2v) is 7.33. The molecular weight excluding hydrogens is 310 g/mol. The van der Waals surface area contributed by atoms with Gasteiger partial charge in [-0.2, -0.15) is 0 Å². The van der Waals surface area contributed by atoms with E-state index in [1.165, 1.54) is 12.0 Å². The van der Waals surface area contributed by atoms with Crippen molar-refractivity contribution in [2.45, 2.75) is 42.7 Å². The third kappa shape index (κ3) is 3.35. The van der Waals surface area contributed by atoms with Crippen LogP contribution >= 0.6 is 11.8 Å². The molecule has 23 heavy (non-hydrogen) atoms. The number of carbonyl (C=O) groups is 2. The lowest BCUT2D eigenvalue weighted by atomic mass is 9.88. The van der Waals surface area contributed by atoms with Crippen LogP contribution in [0.1, 0.15) is 42.5 Å². The topological polar surface area (TPSA) is 69.4 Å². The number of methoxy groups -OCH3 is 1. The number of benzene rings is 1. The molecule has 1 aromatic rings. The van der Waals surface area contributed by atoms with E-state index in [0.29, 0.717) is 22.1 Å². The summed E-state index contributed by atoms with van der Waals surface area (Å²) in [6.07, 6.45) is 4.22. The van der Waals surface area contributed by atoms with Crippen molar-refractivity contribution in [1.82, 2.24) is 0 Å². The Labute approximate surface area is 140 Å². The predicted molar refractivity (Wildman–Crippen MR) is 91.8 cm³/mol. The number of nitrogens with two attached hydrogens (primary N) is 1. The fourth-order valence-corrected chi connectivity index (χ4v) is 4.83. The zero-order valence-electron chi connectivity index (χ0n) is 13.2. The van der Waals surface area contributed by atoms with Gasteiger partial charge < -0.3 is 10.5 Å². The van der Waals surface area contributed by atoms with E-state index in [1.807, 2.05) is 0 Å². The van der Waals surface area contributed by atoms with Crippen LogP contribution in [0.2, 0.25) is 0 Å². The molecule has 1 aromatic carbocycles. The van der Waals surface area contributed by atoms with Crippen LogP contribution in [0.25, 0.3) is 0 Å². The van der Waals surface area contributed by atoms with Gasteiger partial charge in [0.25, 0.3) is 0 Å². The Hall–Kier alpha value is -1.59. The summed E-state index contributed by atoms with van der Waals surface area (Å²) in [6.45, 7) is 0. The quantitative estimate of drug-likeness (QED) is 0.663. The summed E-state index contributed by atoms with van der Waals surface area (Å²) in [6, 6.07) is 6.91. The lowest BCUT2D eigenvalue weighted by molar-refractivity contribution is -0.114. The van der Waals surface area contributed by atoms with Crippen molar-refractivity contribution in [2.24, 2.45) is 5.73 Å². The first-order chi connectivity index (χ1) is 11.1. The molecule has 0 radical (unpaired) electrons. The number of ether oxygens (including phenoxy) is 1. The summed E-state index contributed by atoms with van der Waals surface area (Å²) in [5.41, 5.74) is 8.55. The second kappa shape index (κ2) is 6.89. The Morgan fingerprint density at radius 3 is 2.91 bits per heavy atom. The molecule has 1 saturated carbocycles. The SMILES string of the molecule is COc1cccc(C(=O)CC(=O)C2=C3CCCCC3SC2N)c1. The normalized spacial score (nSPS) is 23.6. The number of ketones is 2. The molecule has 3 rings (SSSR count). The molecule has 122 valence electrons. The minimum Gasteiger partial charge on any atom is -0.497 e. The molecule has 2 unspecified atom stereocenters. The highest BCUT2D eigenvalue weighted by Crippen LogP contribution is 2.44. The average Bonchev–Trinajstić information content (AvgIpc) is 2.90. The standard InChI is InChI=1S/C18H21NO3S/c1-22-12-6-4-5-11(9-12)14(20)10-15(21)17-13-7-2-3-8-16(13)23-18(17)19/h4-6,9,16,18H,2-3,7-8,10,19H2,1H3. The monoisotopic (exact) mass is 331 g/mol. The van der Waals surface area contributed by atoms with Crippen molar-refractivity contribution < 1.29 is 14.3 Å². The number of hydrogen-bond acceptors (Lipinski definition) is 5. The molecule has 5 heteroatoms. The van der Waals surface area contributed by atoms with Gasteiger partial charge in [0, 0.05) is 16.4 Å². The molecule has 1 fully saturated rings. The van der Waals surface area contributed by atoms with Crippen molar-refractivity contribution in [2.75, 3.05) is 7.11 Å². The van der Waals surface area contributed by atoms with Gasteiger partial charge in [0.15, 0.2) is 11.6 Å².